The molecule has 1 rings (SSSR count). The summed E-state index contributed by atoms with van der Waals surface area (Å²) in [6.45, 7) is 1.60. The molecule has 1 heterocycles. The molecular weight excluding hydrogens is 146 g/mol. The average Bonchev–Trinajstić information content (AvgIpc) is 2.41. The van der Waals surface area contributed by atoms with E-state index in [0.717, 1.165) is 0 Å². The second kappa shape index (κ2) is 5.46. The molecule has 2 N–H and O–H groups in total. The molecule has 0 atom stereocenters. The zero-order valence-corrected chi connectivity index (χ0v) is 6.33. The van der Waals surface area contributed by atoms with Gasteiger partial charge in [-0.05, 0) is 0 Å². The summed E-state index contributed by atoms with van der Waals surface area (Å²) in [5.74, 6) is -0.653. The fourth-order valence-electron chi connectivity index (χ4n) is 0.377. The maximum absolute atomic E-state index is 10.1. The highest BCUT2D eigenvalue weighted by molar-refractivity contribution is 5.80. The van der Waals surface area contributed by atoms with Gasteiger partial charge in [-0.2, -0.15) is 0 Å². The molecule has 4 heteroatoms. The lowest BCUT2D eigenvalue weighted by Crippen LogP contribution is -2.08. The normalized spacial score (nSPS) is 13.4. The van der Waals surface area contributed by atoms with Gasteiger partial charge in [0.2, 0.25) is 5.91 Å². The van der Waals surface area contributed by atoms with E-state index in [0.29, 0.717) is 6.42 Å². The first-order chi connectivity index (χ1) is 5.16. The minimum absolute atomic E-state index is 0.0926. The molecule has 1 aliphatic rings. The van der Waals surface area contributed by atoms with E-state index in [-0.39, 0.29) is 12.3 Å². The number of carbonyl (C=O) groups excluding carboxylic acids is 1. The van der Waals surface area contributed by atoms with Crippen molar-refractivity contribution in [3.05, 3.63) is 12.3 Å². The SMILES string of the molecule is CCC(=O)O.O=C1CC=CN1. The number of aliphatic carboxylic acids is 1. The molecule has 0 unspecified atom stereocenters. The molecule has 0 bridgehead atoms. The molecule has 0 saturated carbocycles. The lowest BCUT2D eigenvalue weighted by molar-refractivity contribution is -0.136. The third-order valence-corrected chi connectivity index (χ3v) is 0.968. The van der Waals surface area contributed by atoms with Crippen molar-refractivity contribution in [2.75, 3.05) is 0 Å². The van der Waals surface area contributed by atoms with Gasteiger partial charge in [0, 0.05) is 19.0 Å². The number of hydrogen-bond acceptors (Lipinski definition) is 2. The number of carboxylic acid groups (broad SMARTS) is 1. The summed E-state index contributed by atoms with van der Waals surface area (Å²) in [6, 6.07) is 0. The highest BCUT2D eigenvalue weighted by Gasteiger charge is 1.97. The summed E-state index contributed by atoms with van der Waals surface area (Å²) < 4.78 is 0. The minimum Gasteiger partial charge on any atom is -0.481 e. The molecule has 1 amide bonds. The van der Waals surface area contributed by atoms with Gasteiger partial charge in [0.15, 0.2) is 0 Å². The second-order valence-electron chi connectivity index (χ2n) is 1.92. The first-order valence-electron chi connectivity index (χ1n) is 3.33. The van der Waals surface area contributed by atoms with Crippen molar-refractivity contribution < 1.29 is 14.7 Å². The van der Waals surface area contributed by atoms with Crippen LogP contribution in [-0.4, -0.2) is 17.0 Å². The van der Waals surface area contributed by atoms with E-state index >= 15 is 0 Å². The van der Waals surface area contributed by atoms with Gasteiger partial charge in [-0.3, -0.25) is 9.59 Å². The van der Waals surface area contributed by atoms with Gasteiger partial charge < -0.3 is 10.4 Å². The van der Waals surface area contributed by atoms with E-state index in [4.69, 9.17) is 5.11 Å². The van der Waals surface area contributed by atoms with Crippen LogP contribution in [0, 0.1) is 0 Å². The Kier molecular flexibility index (Phi) is 4.81. The number of nitrogens with one attached hydrogen (secondary N) is 1. The second-order valence-corrected chi connectivity index (χ2v) is 1.92. The van der Waals surface area contributed by atoms with Crippen molar-refractivity contribution in [2.24, 2.45) is 0 Å². The van der Waals surface area contributed by atoms with Crippen molar-refractivity contribution in [3.8, 4) is 0 Å². The van der Waals surface area contributed by atoms with Crippen LogP contribution in [0.25, 0.3) is 0 Å². The maximum Gasteiger partial charge on any atom is 0.303 e. The summed E-state index contributed by atoms with van der Waals surface area (Å²) in [7, 11) is 0. The van der Waals surface area contributed by atoms with Crippen molar-refractivity contribution in [3.63, 3.8) is 0 Å². The lowest BCUT2D eigenvalue weighted by Gasteiger charge is -1.78. The van der Waals surface area contributed by atoms with Crippen molar-refractivity contribution in [2.45, 2.75) is 19.8 Å². The molecule has 0 spiro atoms. The molecule has 0 fully saturated rings. The number of carboxylic acids is 1. The molecule has 0 aromatic heterocycles. The third-order valence-electron chi connectivity index (χ3n) is 0.968. The van der Waals surface area contributed by atoms with Crippen molar-refractivity contribution in [1.82, 2.24) is 5.32 Å². The van der Waals surface area contributed by atoms with E-state index in [1.165, 1.54) is 0 Å². The fourth-order valence-corrected chi connectivity index (χ4v) is 0.377. The zero-order valence-electron chi connectivity index (χ0n) is 6.33. The van der Waals surface area contributed by atoms with Gasteiger partial charge in [-0.1, -0.05) is 13.0 Å². The van der Waals surface area contributed by atoms with Crippen LogP contribution in [0.15, 0.2) is 12.3 Å². The average molecular weight is 157 g/mol. The minimum atomic E-state index is -0.745. The van der Waals surface area contributed by atoms with Crippen LogP contribution in [0.3, 0.4) is 0 Å². The maximum atomic E-state index is 10.1. The molecule has 0 aliphatic carbocycles. The van der Waals surface area contributed by atoms with Crippen LogP contribution in [0.5, 0.6) is 0 Å². The number of carbonyl (C=O) groups is 2. The highest BCUT2D eigenvalue weighted by Crippen LogP contribution is 1.87. The number of amides is 1. The molecular formula is C7H11NO3. The Balaban J connectivity index is 0.000000187. The van der Waals surface area contributed by atoms with Crippen LogP contribution >= 0.6 is 0 Å². The number of rotatable bonds is 1. The van der Waals surface area contributed by atoms with Gasteiger partial charge in [-0.15, -0.1) is 0 Å². The highest BCUT2D eigenvalue weighted by atomic mass is 16.4. The van der Waals surface area contributed by atoms with Crippen molar-refractivity contribution >= 4 is 11.9 Å². The van der Waals surface area contributed by atoms with Gasteiger partial charge in [0.05, 0.1) is 0 Å². The van der Waals surface area contributed by atoms with E-state index in [9.17, 15) is 9.59 Å². The smallest absolute Gasteiger partial charge is 0.303 e. The molecule has 0 aromatic carbocycles. The van der Waals surface area contributed by atoms with E-state index < -0.39 is 5.97 Å². The monoisotopic (exact) mass is 157 g/mol. The topological polar surface area (TPSA) is 66.4 Å². The van der Waals surface area contributed by atoms with Crippen LogP contribution in [0.2, 0.25) is 0 Å². The first kappa shape index (κ1) is 9.68. The van der Waals surface area contributed by atoms with E-state index in [2.05, 4.69) is 5.32 Å². The summed E-state index contributed by atoms with van der Waals surface area (Å²) in [6.07, 6.45) is 4.23. The van der Waals surface area contributed by atoms with E-state index in [1.54, 1.807) is 19.2 Å². The molecule has 4 nitrogen and oxygen atoms in total. The summed E-state index contributed by atoms with van der Waals surface area (Å²) in [4.78, 5) is 19.4. The van der Waals surface area contributed by atoms with Gasteiger partial charge in [-0.25, -0.2) is 0 Å². The van der Waals surface area contributed by atoms with Crippen LogP contribution in [0.1, 0.15) is 19.8 Å². The van der Waals surface area contributed by atoms with E-state index in [1.807, 2.05) is 0 Å². The van der Waals surface area contributed by atoms with Crippen LogP contribution < -0.4 is 5.32 Å². The molecule has 0 aromatic rings. The quantitative estimate of drug-likeness (QED) is 0.582. The predicted molar refractivity (Wildman–Crippen MR) is 39.8 cm³/mol. The van der Waals surface area contributed by atoms with Crippen LogP contribution in [0.4, 0.5) is 0 Å². The summed E-state index contributed by atoms with van der Waals surface area (Å²) in [5, 5.41) is 10.2. The zero-order chi connectivity index (χ0) is 8.69. The standard InChI is InChI=1S/C4H5NO.C3H6O2/c6-4-2-1-3-5-4;1-2-3(4)5/h1,3H,2H2,(H,5,6);2H2,1H3,(H,4,5). The molecule has 0 saturated heterocycles. The largest absolute Gasteiger partial charge is 0.481 e. The Morgan fingerprint density at radius 2 is 2.36 bits per heavy atom. The lowest BCUT2D eigenvalue weighted by atomic mass is 10.5. The van der Waals surface area contributed by atoms with Crippen molar-refractivity contribution in [1.29, 1.82) is 0 Å². The Bertz CT molecular complexity index is 165. The predicted octanol–water partition coefficient (Wildman–Crippen LogP) is 0.501. The third kappa shape index (κ3) is 6.57. The fraction of sp³-hybridized carbons (Fsp3) is 0.429. The Morgan fingerprint density at radius 3 is 2.45 bits per heavy atom. The summed E-state index contributed by atoms with van der Waals surface area (Å²) in [5.41, 5.74) is 0. The Labute approximate surface area is 64.9 Å². The number of hydrogen-bond donors (Lipinski definition) is 2. The summed E-state index contributed by atoms with van der Waals surface area (Å²) >= 11 is 0. The molecule has 0 radical (unpaired) electrons. The van der Waals surface area contributed by atoms with Gasteiger partial charge in [0.25, 0.3) is 0 Å². The molecule has 1 aliphatic heterocycles. The molecule has 62 valence electrons. The Hall–Kier alpha value is -1.32. The van der Waals surface area contributed by atoms with Gasteiger partial charge in [0.1, 0.15) is 0 Å². The Morgan fingerprint density at radius 1 is 1.82 bits per heavy atom. The van der Waals surface area contributed by atoms with Gasteiger partial charge >= 0.3 is 5.97 Å². The van der Waals surface area contributed by atoms with Crippen LogP contribution in [-0.2, 0) is 9.59 Å². The first-order valence-corrected chi connectivity index (χ1v) is 3.33. The molecule has 11 heavy (non-hydrogen) atoms.